The molecule has 0 fully saturated rings. The number of Topliss-reactive ketones (excluding diaryl/α,β-unsaturated/α-hetero) is 1. The zero-order chi connectivity index (χ0) is 19.3. The minimum absolute atomic E-state index is 0.190. The molecule has 0 saturated heterocycles. The summed E-state index contributed by atoms with van der Waals surface area (Å²) in [5.41, 5.74) is 0.647. The van der Waals surface area contributed by atoms with Gasteiger partial charge in [-0.25, -0.2) is 4.79 Å². The first-order chi connectivity index (χ1) is 12.4. The summed E-state index contributed by atoms with van der Waals surface area (Å²) in [6, 6.07) is 9.77. The number of rotatable bonds is 7. The van der Waals surface area contributed by atoms with Crippen LogP contribution in [0.2, 0.25) is 0 Å². The van der Waals surface area contributed by atoms with Crippen LogP contribution in [0.15, 0.2) is 40.9 Å². The first kappa shape index (κ1) is 19.8. The van der Waals surface area contributed by atoms with Crippen LogP contribution < -0.4 is 14.2 Å². The van der Waals surface area contributed by atoms with E-state index in [4.69, 9.17) is 18.9 Å². The molecule has 2 aromatic rings. The van der Waals surface area contributed by atoms with Crippen molar-refractivity contribution in [3.8, 4) is 17.2 Å². The van der Waals surface area contributed by atoms with Gasteiger partial charge >= 0.3 is 5.97 Å². The van der Waals surface area contributed by atoms with Gasteiger partial charge in [-0.2, -0.15) is 0 Å². The van der Waals surface area contributed by atoms with Crippen LogP contribution in [0.1, 0.15) is 27.6 Å². The molecule has 138 valence electrons. The lowest BCUT2D eigenvalue weighted by atomic mass is 10.1. The Hall–Kier alpha value is -2.54. The van der Waals surface area contributed by atoms with Crippen molar-refractivity contribution >= 4 is 27.7 Å². The Labute approximate surface area is 160 Å². The van der Waals surface area contributed by atoms with E-state index >= 15 is 0 Å². The topological polar surface area (TPSA) is 71.1 Å². The van der Waals surface area contributed by atoms with Crippen molar-refractivity contribution in [2.75, 3.05) is 21.3 Å². The van der Waals surface area contributed by atoms with Gasteiger partial charge in [-0.3, -0.25) is 4.79 Å². The first-order valence-electron chi connectivity index (χ1n) is 7.72. The van der Waals surface area contributed by atoms with Gasteiger partial charge in [-0.1, -0.05) is 28.1 Å². The Kier molecular flexibility index (Phi) is 6.63. The second kappa shape index (κ2) is 8.71. The summed E-state index contributed by atoms with van der Waals surface area (Å²) >= 11 is 3.31. The van der Waals surface area contributed by atoms with E-state index in [1.165, 1.54) is 40.4 Å². The molecule has 1 atom stereocenters. The molecule has 2 aromatic carbocycles. The van der Waals surface area contributed by atoms with Gasteiger partial charge < -0.3 is 18.9 Å². The molecule has 7 heteroatoms. The van der Waals surface area contributed by atoms with Crippen LogP contribution in [0.3, 0.4) is 0 Å². The summed E-state index contributed by atoms with van der Waals surface area (Å²) < 4.78 is 21.8. The van der Waals surface area contributed by atoms with Gasteiger partial charge in [0, 0.05) is 10.0 Å². The summed E-state index contributed by atoms with van der Waals surface area (Å²) in [5, 5.41) is 0. The highest BCUT2D eigenvalue weighted by Gasteiger charge is 2.23. The van der Waals surface area contributed by atoms with Gasteiger partial charge in [-0.05, 0) is 31.2 Å². The molecule has 0 heterocycles. The van der Waals surface area contributed by atoms with E-state index in [-0.39, 0.29) is 11.3 Å². The third-order valence-electron chi connectivity index (χ3n) is 3.68. The van der Waals surface area contributed by atoms with E-state index in [0.717, 1.165) is 4.47 Å². The second-order valence-electron chi connectivity index (χ2n) is 5.33. The lowest BCUT2D eigenvalue weighted by Crippen LogP contribution is -2.24. The highest BCUT2D eigenvalue weighted by atomic mass is 79.9. The summed E-state index contributed by atoms with van der Waals surface area (Å²) in [5.74, 6) is 0.0578. The highest BCUT2D eigenvalue weighted by Crippen LogP contribution is 2.38. The Balaban J connectivity index is 2.21. The summed E-state index contributed by atoms with van der Waals surface area (Å²) in [6.07, 6.45) is -0.942. The summed E-state index contributed by atoms with van der Waals surface area (Å²) in [6.45, 7) is 1.53. The van der Waals surface area contributed by atoms with Gasteiger partial charge in [0.1, 0.15) is 0 Å². The number of carbonyl (C=O) groups is 2. The number of benzene rings is 2. The molecule has 0 bridgehead atoms. The van der Waals surface area contributed by atoms with Crippen molar-refractivity contribution < 1.29 is 28.5 Å². The van der Waals surface area contributed by atoms with Crippen molar-refractivity contribution in [1.82, 2.24) is 0 Å². The van der Waals surface area contributed by atoms with Gasteiger partial charge in [0.2, 0.25) is 11.5 Å². The predicted octanol–water partition coefficient (Wildman–Crippen LogP) is 3.90. The summed E-state index contributed by atoms with van der Waals surface area (Å²) in [4.78, 5) is 24.9. The number of halogens is 1. The smallest absolute Gasteiger partial charge is 0.339 e. The molecule has 0 aliphatic rings. The molecule has 0 saturated carbocycles. The molecule has 0 aliphatic carbocycles. The Bertz CT molecular complexity index is 775. The molecule has 0 aromatic heterocycles. The van der Waals surface area contributed by atoms with E-state index in [1.54, 1.807) is 24.3 Å². The number of esters is 1. The van der Waals surface area contributed by atoms with Crippen molar-refractivity contribution in [3.05, 3.63) is 52.0 Å². The number of ether oxygens (including phenoxy) is 4. The van der Waals surface area contributed by atoms with Crippen molar-refractivity contribution in [2.24, 2.45) is 0 Å². The highest BCUT2D eigenvalue weighted by molar-refractivity contribution is 9.10. The monoisotopic (exact) mass is 422 g/mol. The maximum Gasteiger partial charge on any atom is 0.339 e. The maximum absolute atomic E-state index is 12.4. The standard InChI is InChI=1S/C19H19BrO6/c1-11(17(21)12-5-7-14(20)8-6-12)26-19(22)13-9-15(23-2)18(25-4)16(10-13)24-3/h5-11H,1-4H3/t11-/m0/s1. The number of ketones is 1. The van der Waals surface area contributed by atoms with Crippen LogP contribution >= 0.6 is 15.9 Å². The summed E-state index contributed by atoms with van der Waals surface area (Å²) in [7, 11) is 4.37. The van der Waals surface area contributed by atoms with Crippen LogP contribution in [0.5, 0.6) is 17.2 Å². The number of carbonyl (C=O) groups excluding carboxylic acids is 2. The van der Waals surface area contributed by atoms with E-state index in [1.807, 2.05) is 0 Å². The van der Waals surface area contributed by atoms with Crippen LogP contribution in [0, 0.1) is 0 Å². The zero-order valence-corrected chi connectivity index (χ0v) is 16.5. The zero-order valence-electron chi connectivity index (χ0n) is 14.9. The number of methoxy groups -OCH3 is 3. The van der Waals surface area contributed by atoms with E-state index < -0.39 is 12.1 Å². The largest absolute Gasteiger partial charge is 0.493 e. The molecule has 0 aliphatic heterocycles. The normalized spacial score (nSPS) is 11.4. The van der Waals surface area contributed by atoms with E-state index in [2.05, 4.69) is 15.9 Å². The molecular formula is C19H19BrO6. The molecular weight excluding hydrogens is 404 g/mol. The lowest BCUT2D eigenvalue weighted by molar-refractivity contribution is 0.0318. The van der Waals surface area contributed by atoms with E-state index in [9.17, 15) is 9.59 Å². The third-order valence-corrected chi connectivity index (χ3v) is 4.21. The van der Waals surface area contributed by atoms with Crippen LogP contribution in [0.4, 0.5) is 0 Å². The Morgan fingerprint density at radius 2 is 1.42 bits per heavy atom. The first-order valence-corrected chi connectivity index (χ1v) is 8.51. The van der Waals surface area contributed by atoms with Gasteiger partial charge in [0.05, 0.1) is 26.9 Å². The maximum atomic E-state index is 12.4. The quantitative estimate of drug-likeness (QED) is 0.497. The average Bonchev–Trinajstić information content (AvgIpc) is 2.66. The van der Waals surface area contributed by atoms with Gasteiger partial charge in [-0.15, -0.1) is 0 Å². The average molecular weight is 423 g/mol. The molecule has 6 nitrogen and oxygen atoms in total. The molecule has 0 spiro atoms. The number of hydrogen-bond acceptors (Lipinski definition) is 6. The SMILES string of the molecule is COc1cc(C(=O)O[C@@H](C)C(=O)c2ccc(Br)cc2)cc(OC)c1OC. The van der Waals surface area contributed by atoms with Gasteiger partial charge in [0.15, 0.2) is 17.6 Å². The third kappa shape index (κ3) is 4.35. The van der Waals surface area contributed by atoms with Crippen LogP contribution in [0.25, 0.3) is 0 Å². The fourth-order valence-electron chi connectivity index (χ4n) is 2.33. The second-order valence-corrected chi connectivity index (χ2v) is 6.25. The van der Waals surface area contributed by atoms with Crippen molar-refractivity contribution in [1.29, 1.82) is 0 Å². The molecule has 0 unspecified atom stereocenters. The molecule has 2 rings (SSSR count). The van der Waals surface area contributed by atoms with Crippen molar-refractivity contribution in [3.63, 3.8) is 0 Å². The Morgan fingerprint density at radius 3 is 1.88 bits per heavy atom. The molecule has 0 radical (unpaired) electrons. The Morgan fingerprint density at radius 1 is 0.885 bits per heavy atom. The predicted molar refractivity (Wildman–Crippen MR) is 99.4 cm³/mol. The molecule has 0 N–H and O–H groups in total. The fourth-order valence-corrected chi connectivity index (χ4v) is 2.59. The molecule has 0 amide bonds. The van der Waals surface area contributed by atoms with E-state index in [0.29, 0.717) is 22.8 Å². The minimum atomic E-state index is -0.942. The fraction of sp³-hybridized carbons (Fsp3) is 0.263. The van der Waals surface area contributed by atoms with Crippen molar-refractivity contribution in [2.45, 2.75) is 13.0 Å². The van der Waals surface area contributed by atoms with Crippen LogP contribution in [-0.2, 0) is 4.74 Å². The van der Waals surface area contributed by atoms with Crippen LogP contribution in [-0.4, -0.2) is 39.2 Å². The lowest BCUT2D eigenvalue weighted by Gasteiger charge is -2.15. The minimum Gasteiger partial charge on any atom is -0.493 e. The van der Waals surface area contributed by atoms with Gasteiger partial charge in [0.25, 0.3) is 0 Å². The number of hydrogen-bond donors (Lipinski definition) is 0. The molecule has 26 heavy (non-hydrogen) atoms.